The van der Waals surface area contributed by atoms with E-state index in [4.69, 9.17) is 5.11 Å². The molecule has 0 bridgehead atoms. The zero-order valence-electron chi connectivity index (χ0n) is 11.3. The molecule has 1 aliphatic heterocycles. The Hall–Kier alpha value is -1.17. The summed E-state index contributed by atoms with van der Waals surface area (Å²) in [6, 6.07) is 0. The Labute approximate surface area is 117 Å². The molecule has 0 spiro atoms. The number of hydrogen-bond donors (Lipinski definition) is 1. The first-order chi connectivity index (χ1) is 9.19. The van der Waals surface area contributed by atoms with Gasteiger partial charge in [0.1, 0.15) is 5.82 Å². The van der Waals surface area contributed by atoms with Crippen LogP contribution in [0.3, 0.4) is 0 Å². The van der Waals surface area contributed by atoms with Crippen molar-refractivity contribution >= 4 is 22.6 Å². The molecule has 0 radical (unpaired) electrons. The molecule has 1 aromatic heterocycles. The summed E-state index contributed by atoms with van der Waals surface area (Å²) in [6.45, 7) is 4.07. The Morgan fingerprint density at radius 1 is 1.58 bits per heavy atom. The van der Waals surface area contributed by atoms with Crippen LogP contribution in [0.4, 0.5) is 5.13 Å². The summed E-state index contributed by atoms with van der Waals surface area (Å²) in [5, 5.41) is 9.76. The highest BCUT2D eigenvalue weighted by atomic mass is 32.1. The molecule has 0 amide bonds. The minimum absolute atomic E-state index is 0.274. The van der Waals surface area contributed by atoms with E-state index in [2.05, 4.69) is 21.2 Å². The van der Waals surface area contributed by atoms with E-state index in [1.165, 1.54) is 11.5 Å². The van der Waals surface area contributed by atoms with E-state index in [0.29, 0.717) is 5.92 Å². The van der Waals surface area contributed by atoms with Crippen molar-refractivity contribution < 1.29 is 9.90 Å². The molecule has 1 aliphatic rings. The lowest BCUT2D eigenvalue weighted by atomic mass is 9.94. The molecule has 0 aliphatic carbocycles. The third kappa shape index (κ3) is 4.16. The zero-order chi connectivity index (χ0) is 13.7. The number of hydrogen-bond acceptors (Lipinski definition) is 5. The maximum atomic E-state index is 10.6. The van der Waals surface area contributed by atoms with Gasteiger partial charge in [0.2, 0.25) is 5.13 Å². The second-order valence-corrected chi connectivity index (χ2v) is 5.86. The van der Waals surface area contributed by atoms with Crippen LogP contribution in [0.2, 0.25) is 0 Å². The van der Waals surface area contributed by atoms with Crippen LogP contribution in [-0.2, 0) is 11.2 Å². The van der Waals surface area contributed by atoms with E-state index in [0.717, 1.165) is 56.1 Å². The fourth-order valence-electron chi connectivity index (χ4n) is 2.50. The SMILES string of the molecule is CCCc1nsc(N2CCCC(CCC(=O)O)C2)n1. The van der Waals surface area contributed by atoms with Gasteiger partial charge in [-0.2, -0.15) is 4.37 Å². The number of nitrogens with zero attached hydrogens (tertiary/aromatic N) is 3. The Bertz CT molecular complexity index is 422. The van der Waals surface area contributed by atoms with E-state index >= 15 is 0 Å². The monoisotopic (exact) mass is 283 g/mol. The second kappa shape index (κ2) is 6.84. The predicted molar refractivity (Wildman–Crippen MR) is 75.7 cm³/mol. The average Bonchev–Trinajstić information content (AvgIpc) is 2.86. The number of carboxylic acid groups (broad SMARTS) is 1. The summed E-state index contributed by atoms with van der Waals surface area (Å²) in [7, 11) is 0. The molecule has 5 nitrogen and oxygen atoms in total. The predicted octanol–water partition coefficient (Wildman–Crippen LogP) is 2.57. The molecule has 2 heterocycles. The number of carbonyl (C=O) groups is 1. The van der Waals surface area contributed by atoms with Crippen LogP contribution in [0.1, 0.15) is 44.9 Å². The maximum absolute atomic E-state index is 10.6. The van der Waals surface area contributed by atoms with Gasteiger partial charge in [-0.15, -0.1) is 0 Å². The smallest absolute Gasteiger partial charge is 0.303 e. The molecule has 1 saturated heterocycles. The van der Waals surface area contributed by atoms with Crippen molar-refractivity contribution in [1.82, 2.24) is 9.36 Å². The molecule has 2 rings (SSSR count). The normalized spacial score (nSPS) is 19.6. The van der Waals surface area contributed by atoms with Crippen LogP contribution in [0.25, 0.3) is 0 Å². The van der Waals surface area contributed by atoms with Crippen molar-refractivity contribution in [3.05, 3.63) is 5.82 Å². The Morgan fingerprint density at radius 2 is 2.42 bits per heavy atom. The molecule has 6 heteroatoms. The lowest BCUT2D eigenvalue weighted by molar-refractivity contribution is -0.137. The third-order valence-electron chi connectivity index (χ3n) is 3.49. The summed E-state index contributed by atoms with van der Waals surface area (Å²) in [4.78, 5) is 17.5. The maximum Gasteiger partial charge on any atom is 0.303 e. The minimum Gasteiger partial charge on any atom is -0.481 e. The molecule has 1 N–H and O–H groups in total. The van der Waals surface area contributed by atoms with Gasteiger partial charge in [0.25, 0.3) is 0 Å². The van der Waals surface area contributed by atoms with Gasteiger partial charge in [0, 0.05) is 37.5 Å². The van der Waals surface area contributed by atoms with Gasteiger partial charge in [-0.3, -0.25) is 4.79 Å². The molecule has 1 fully saturated rings. The third-order valence-corrected chi connectivity index (χ3v) is 4.30. The summed E-state index contributed by atoms with van der Waals surface area (Å²) in [5.74, 6) is 0.719. The summed E-state index contributed by atoms with van der Waals surface area (Å²) in [5.41, 5.74) is 0. The van der Waals surface area contributed by atoms with Gasteiger partial charge in [0.15, 0.2) is 0 Å². The van der Waals surface area contributed by atoms with Crippen LogP contribution in [0.5, 0.6) is 0 Å². The van der Waals surface area contributed by atoms with Crippen molar-refractivity contribution in [2.24, 2.45) is 5.92 Å². The van der Waals surface area contributed by atoms with Crippen LogP contribution >= 0.6 is 11.5 Å². The lowest BCUT2D eigenvalue weighted by Gasteiger charge is -2.32. The van der Waals surface area contributed by atoms with Gasteiger partial charge in [-0.25, -0.2) is 4.98 Å². The molecular formula is C13H21N3O2S. The van der Waals surface area contributed by atoms with Crippen molar-refractivity contribution in [2.45, 2.75) is 45.4 Å². The molecule has 0 saturated carbocycles. The highest BCUT2D eigenvalue weighted by Crippen LogP contribution is 2.27. The van der Waals surface area contributed by atoms with Gasteiger partial charge in [-0.1, -0.05) is 6.92 Å². The molecule has 106 valence electrons. The topological polar surface area (TPSA) is 66.3 Å². The number of piperidine rings is 1. The van der Waals surface area contributed by atoms with E-state index in [-0.39, 0.29) is 6.42 Å². The van der Waals surface area contributed by atoms with Crippen molar-refractivity contribution in [3.63, 3.8) is 0 Å². The average molecular weight is 283 g/mol. The van der Waals surface area contributed by atoms with Gasteiger partial charge < -0.3 is 10.0 Å². The summed E-state index contributed by atoms with van der Waals surface area (Å²) < 4.78 is 4.38. The quantitative estimate of drug-likeness (QED) is 0.869. The van der Waals surface area contributed by atoms with E-state index in [1.54, 1.807) is 0 Å². The Kier molecular flexibility index (Phi) is 5.13. The molecule has 0 aromatic carbocycles. The summed E-state index contributed by atoms with van der Waals surface area (Å²) in [6.07, 6.45) is 5.30. The number of aromatic nitrogens is 2. The van der Waals surface area contributed by atoms with Crippen LogP contribution in [0, 0.1) is 5.92 Å². The van der Waals surface area contributed by atoms with Gasteiger partial charge in [-0.05, 0) is 31.6 Å². The fourth-order valence-corrected chi connectivity index (χ4v) is 3.25. The van der Waals surface area contributed by atoms with Crippen molar-refractivity contribution in [3.8, 4) is 0 Å². The van der Waals surface area contributed by atoms with E-state index in [1.807, 2.05) is 0 Å². The number of aliphatic carboxylic acids is 1. The number of aryl methyl sites for hydroxylation is 1. The minimum atomic E-state index is -0.696. The van der Waals surface area contributed by atoms with E-state index in [9.17, 15) is 4.79 Å². The first kappa shape index (κ1) is 14.2. The van der Waals surface area contributed by atoms with Crippen LogP contribution in [-0.4, -0.2) is 33.5 Å². The molecule has 1 aromatic rings. The zero-order valence-corrected chi connectivity index (χ0v) is 12.2. The standard InChI is InChI=1S/C13H21N3O2S/c1-2-4-11-14-13(19-15-11)16-8-3-5-10(9-16)6-7-12(17)18/h10H,2-9H2,1H3,(H,17,18). The van der Waals surface area contributed by atoms with Crippen LogP contribution < -0.4 is 4.90 Å². The number of rotatable bonds is 6. The van der Waals surface area contributed by atoms with Gasteiger partial charge in [0.05, 0.1) is 0 Å². The van der Waals surface area contributed by atoms with Crippen LogP contribution in [0.15, 0.2) is 0 Å². The second-order valence-electron chi connectivity index (χ2n) is 5.13. The molecule has 1 atom stereocenters. The Morgan fingerprint density at radius 3 is 3.16 bits per heavy atom. The summed E-state index contributed by atoms with van der Waals surface area (Å²) >= 11 is 1.47. The molecular weight excluding hydrogens is 262 g/mol. The number of anilines is 1. The molecule has 1 unspecified atom stereocenters. The lowest BCUT2D eigenvalue weighted by Crippen LogP contribution is -2.35. The first-order valence-corrected chi connectivity index (χ1v) is 7.75. The Balaban J connectivity index is 1.90. The molecule has 19 heavy (non-hydrogen) atoms. The highest BCUT2D eigenvalue weighted by Gasteiger charge is 2.22. The number of carboxylic acids is 1. The van der Waals surface area contributed by atoms with Crippen molar-refractivity contribution in [1.29, 1.82) is 0 Å². The largest absolute Gasteiger partial charge is 0.481 e. The van der Waals surface area contributed by atoms with E-state index < -0.39 is 5.97 Å². The van der Waals surface area contributed by atoms with Crippen molar-refractivity contribution in [2.75, 3.05) is 18.0 Å². The van der Waals surface area contributed by atoms with Gasteiger partial charge >= 0.3 is 5.97 Å². The highest BCUT2D eigenvalue weighted by molar-refractivity contribution is 7.09. The fraction of sp³-hybridized carbons (Fsp3) is 0.769. The first-order valence-electron chi connectivity index (χ1n) is 6.98.